The summed E-state index contributed by atoms with van der Waals surface area (Å²) in [4.78, 5) is 20.9. The van der Waals surface area contributed by atoms with E-state index < -0.39 is 12.0 Å². The minimum absolute atomic E-state index is 0.201. The number of halogens is 1. The fraction of sp³-hybridized carbons (Fsp3) is 0.192. The van der Waals surface area contributed by atoms with Crippen molar-refractivity contribution in [1.29, 1.82) is 0 Å². The maximum Gasteiger partial charge on any atom is 0.184 e. The Bertz CT molecular complexity index is 1710. The number of aliphatic hydroxyl groups is 1. The minimum Gasteiger partial charge on any atom is -0.472 e. The van der Waals surface area contributed by atoms with E-state index in [-0.39, 0.29) is 16.6 Å². The van der Waals surface area contributed by atoms with E-state index in [1.54, 1.807) is 49.3 Å². The first-order valence-corrected chi connectivity index (χ1v) is 11.8. The summed E-state index contributed by atoms with van der Waals surface area (Å²) in [6.45, 7) is 4.05. The summed E-state index contributed by atoms with van der Waals surface area (Å²) in [5.41, 5.74) is 4.71. The summed E-state index contributed by atoms with van der Waals surface area (Å²) in [6, 6.07) is 5.33. The van der Waals surface area contributed by atoms with Crippen LogP contribution >= 0.6 is 0 Å². The minimum atomic E-state index is -0.738. The lowest BCUT2D eigenvalue weighted by atomic mass is 10.1. The monoisotopic (exact) mass is 498 g/mol. The third kappa shape index (κ3) is 4.19. The SMILES string of the molecule is CC(C)CC(O)Nc1cncc(-c2cnc3n[nH]c(-c4nc5c(-c6ccoc6)nccc5[nH]4)c3c2F)c1. The number of furan rings is 1. The molecule has 0 aliphatic rings. The molecular formula is C26H23FN8O2. The predicted octanol–water partition coefficient (Wildman–Crippen LogP) is 5.13. The lowest BCUT2D eigenvalue weighted by Crippen LogP contribution is -2.20. The number of pyridine rings is 3. The highest BCUT2D eigenvalue weighted by Crippen LogP contribution is 2.34. The number of nitrogens with one attached hydrogen (secondary N) is 3. The highest BCUT2D eigenvalue weighted by Gasteiger charge is 2.21. The van der Waals surface area contributed by atoms with E-state index in [1.807, 2.05) is 13.8 Å². The number of anilines is 1. The molecule has 0 fully saturated rings. The van der Waals surface area contributed by atoms with Gasteiger partial charge in [0.15, 0.2) is 11.5 Å². The smallest absolute Gasteiger partial charge is 0.184 e. The summed E-state index contributed by atoms with van der Waals surface area (Å²) < 4.78 is 21.2. The summed E-state index contributed by atoms with van der Waals surface area (Å²) in [7, 11) is 0. The number of nitrogens with zero attached hydrogens (tertiary/aromatic N) is 5. The Morgan fingerprint density at radius 2 is 2.03 bits per heavy atom. The van der Waals surface area contributed by atoms with Crippen LogP contribution in [0.3, 0.4) is 0 Å². The summed E-state index contributed by atoms with van der Waals surface area (Å²) in [5, 5.41) is 20.5. The predicted molar refractivity (Wildman–Crippen MR) is 137 cm³/mol. The van der Waals surface area contributed by atoms with Crippen LogP contribution in [0.25, 0.3) is 56.0 Å². The zero-order valence-electron chi connectivity index (χ0n) is 20.0. The molecule has 4 N–H and O–H groups in total. The summed E-state index contributed by atoms with van der Waals surface area (Å²) in [6.07, 6.45) is 9.22. The molecular weight excluding hydrogens is 475 g/mol. The Kier molecular flexibility index (Phi) is 5.61. The van der Waals surface area contributed by atoms with Crippen LogP contribution in [0, 0.1) is 11.7 Å². The number of hydrogen-bond donors (Lipinski definition) is 4. The average molecular weight is 499 g/mol. The van der Waals surface area contributed by atoms with Crippen molar-refractivity contribution in [2.45, 2.75) is 26.5 Å². The zero-order valence-corrected chi connectivity index (χ0v) is 20.0. The van der Waals surface area contributed by atoms with E-state index in [9.17, 15) is 5.11 Å². The van der Waals surface area contributed by atoms with Gasteiger partial charge in [0.05, 0.1) is 35.3 Å². The molecule has 6 heterocycles. The van der Waals surface area contributed by atoms with E-state index in [0.717, 1.165) is 11.1 Å². The van der Waals surface area contributed by atoms with Gasteiger partial charge in [-0.1, -0.05) is 13.8 Å². The van der Waals surface area contributed by atoms with E-state index >= 15 is 4.39 Å². The van der Waals surface area contributed by atoms with E-state index in [4.69, 9.17) is 9.40 Å². The molecule has 6 rings (SSSR count). The number of hydrogen-bond acceptors (Lipinski definition) is 8. The van der Waals surface area contributed by atoms with Gasteiger partial charge in [0.2, 0.25) is 0 Å². The summed E-state index contributed by atoms with van der Waals surface area (Å²) in [5.74, 6) is 0.203. The molecule has 0 aliphatic carbocycles. The van der Waals surface area contributed by atoms with Crippen LogP contribution in [0.4, 0.5) is 10.1 Å². The van der Waals surface area contributed by atoms with Gasteiger partial charge in [0.1, 0.15) is 28.9 Å². The molecule has 6 aromatic rings. The van der Waals surface area contributed by atoms with Crippen molar-refractivity contribution in [3.63, 3.8) is 0 Å². The third-order valence-corrected chi connectivity index (χ3v) is 6.03. The molecule has 10 nitrogen and oxygen atoms in total. The van der Waals surface area contributed by atoms with Gasteiger partial charge in [0.25, 0.3) is 0 Å². The topological polar surface area (TPSA) is 141 Å². The number of fused-ring (bicyclic) bond motifs is 2. The number of aromatic nitrogens is 7. The normalized spacial score (nSPS) is 12.6. The Balaban J connectivity index is 1.42. The van der Waals surface area contributed by atoms with Crippen molar-refractivity contribution in [2.24, 2.45) is 5.92 Å². The first kappa shape index (κ1) is 22.8. The molecule has 0 radical (unpaired) electrons. The molecule has 0 aromatic carbocycles. The molecule has 0 bridgehead atoms. The Morgan fingerprint density at radius 3 is 2.84 bits per heavy atom. The van der Waals surface area contributed by atoms with E-state index in [2.05, 4.69) is 35.5 Å². The number of H-pyrrole nitrogens is 2. The summed E-state index contributed by atoms with van der Waals surface area (Å²) >= 11 is 0. The maximum absolute atomic E-state index is 16.0. The maximum atomic E-state index is 16.0. The Hall–Kier alpha value is -4.64. The fourth-order valence-corrected chi connectivity index (χ4v) is 4.35. The van der Waals surface area contributed by atoms with Crippen molar-refractivity contribution in [2.75, 3.05) is 5.32 Å². The van der Waals surface area contributed by atoms with Crippen molar-refractivity contribution >= 4 is 27.8 Å². The number of aliphatic hydroxyl groups excluding tert-OH is 1. The molecule has 1 unspecified atom stereocenters. The van der Waals surface area contributed by atoms with Gasteiger partial charge in [-0.15, -0.1) is 0 Å². The zero-order chi connectivity index (χ0) is 25.5. The molecule has 0 spiro atoms. The van der Waals surface area contributed by atoms with Crippen molar-refractivity contribution in [3.8, 4) is 33.9 Å². The second-order valence-corrected chi connectivity index (χ2v) is 9.19. The van der Waals surface area contributed by atoms with E-state index in [1.165, 1.54) is 6.20 Å². The fourth-order valence-electron chi connectivity index (χ4n) is 4.35. The van der Waals surface area contributed by atoms with Crippen LogP contribution in [-0.4, -0.2) is 46.5 Å². The highest BCUT2D eigenvalue weighted by atomic mass is 19.1. The van der Waals surface area contributed by atoms with Gasteiger partial charge in [-0.2, -0.15) is 5.10 Å². The van der Waals surface area contributed by atoms with Gasteiger partial charge in [-0.3, -0.25) is 15.1 Å². The highest BCUT2D eigenvalue weighted by molar-refractivity contribution is 5.96. The Morgan fingerprint density at radius 1 is 1.14 bits per heavy atom. The molecule has 0 saturated heterocycles. The molecule has 0 aliphatic heterocycles. The molecule has 37 heavy (non-hydrogen) atoms. The molecule has 186 valence electrons. The van der Waals surface area contributed by atoms with Crippen molar-refractivity contribution in [3.05, 3.63) is 61.3 Å². The van der Waals surface area contributed by atoms with Crippen LogP contribution in [-0.2, 0) is 0 Å². The number of imidazole rings is 1. The van der Waals surface area contributed by atoms with Crippen molar-refractivity contribution < 1.29 is 13.9 Å². The third-order valence-electron chi connectivity index (χ3n) is 6.03. The van der Waals surface area contributed by atoms with Crippen LogP contribution in [0.15, 0.2) is 59.9 Å². The number of aromatic amines is 2. The average Bonchev–Trinajstić information content (AvgIpc) is 3.62. The van der Waals surface area contributed by atoms with E-state index in [0.29, 0.717) is 46.3 Å². The second kappa shape index (κ2) is 9.10. The molecule has 11 heteroatoms. The van der Waals surface area contributed by atoms with Crippen LogP contribution < -0.4 is 5.32 Å². The van der Waals surface area contributed by atoms with Gasteiger partial charge in [0, 0.05) is 35.3 Å². The lowest BCUT2D eigenvalue weighted by molar-refractivity contribution is 0.176. The quantitative estimate of drug-likeness (QED) is 0.222. The number of rotatable bonds is 7. The Labute approximate surface area is 210 Å². The van der Waals surface area contributed by atoms with Crippen molar-refractivity contribution in [1.82, 2.24) is 35.1 Å². The van der Waals surface area contributed by atoms with Gasteiger partial charge in [-0.25, -0.2) is 14.4 Å². The van der Waals surface area contributed by atoms with Gasteiger partial charge in [-0.05, 0) is 30.5 Å². The van der Waals surface area contributed by atoms with Crippen LogP contribution in [0.5, 0.6) is 0 Å². The molecule has 0 saturated carbocycles. The standard InChI is InChI=1S/C26H23FN8O2/c1-13(2)7-19(36)31-16-8-15(9-28-10-16)17-11-30-25-20(21(17)27)24(34-35-25)26-32-18-3-5-29-22(23(18)33-26)14-4-6-37-12-14/h3-6,8-13,19,31,36H,7H2,1-2H3,(H,32,33)(H,30,34,35). The molecule has 6 aromatic heterocycles. The first-order chi connectivity index (χ1) is 18.0. The van der Waals surface area contributed by atoms with Gasteiger partial charge >= 0.3 is 0 Å². The largest absolute Gasteiger partial charge is 0.472 e. The van der Waals surface area contributed by atoms with Crippen LogP contribution in [0.2, 0.25) is 0 Å². The van der Waals surface area contributed by atoms with Gasteiger partial charge < -0.3 is 19.8 Å². The first-order valence-electron chi connectivity index (χ1n) is 11.8. The lowest BCUT2D eigenvalue weighted by Gasteiger charge is -2.16. The van der Waals surface area contributed by atoms with Crippen LogP contribution in [0.1, 0.15) is 20.3 Å². The molecule has 0 amide bonds. The second-order valence-electron chi connectivity index (χ2n) is 9.19. The molecule has 1 atom stereocenters.